The highest BCUT2D eigenvalue weighted by Gasteiger charge is 2.48. The second-order valence-electron chi connectivity index (χ2n) is 16.8. The van der Waals surface area contributed by atoms with Crippen molar-refractivity contribution in [1.29, 1.82) is 0 Å². The molecule has 0 fully saturated rings. The minimum atomic E-state index is -2.69. The van der Waals surface area contributed by atoms with Gasteiger partial charge in [-0.25, -0.2) is 0 Å². The number of fused-ring (bicyclic) bond motifs is 9. The molecule has 0 saturated carbocycles. The first-order chi connectivity index (χ1) is 31.2. The molecule has 0 nitrogen and oxygen atoms in total. The number of rotatable bonds is 6. The van der Waals surface area contributed by atoms with Crippen molar-refractivity contribution < 1.29 is 0 Å². The zero-order valence-electron chi connectivity index (χ0n) is 34.3. The molecule has 0 unspecified atom stereocenters. The normalized spacial score (nSPS) is 12.9. The molecule has 3 heteroatoms. The first-order valence-electron chi connectivity index (χ1n) is 21.6. The Balaban J connectivity index is 1.00. The van der Waals surface area contributed by atoms with E-state index in [1.807, 2.05) is 22.7 Å². The summed E-state index contributed by atoms with van der Waals surface area (Å²) in [4.78, 5) is 0. The van der Waals surface area contributed by atoms with Crippen LogP contribution in [0.3, 0.4) is 0 Å². The molecule has 13 rings (SSSR count). The topological polar surface area (TPSA) is 0 Å². The van der Waals surface area contributed by atoms with E-state index >= 15 is 0 Å². The molecule has 10 aromatic carbocycles. The standard InChI is InChI=1S/C60H38S2Si/c1-5-13-39(14-6-1)41-21-27-55-49(33-41)51-35-43(23-29-57(51)61-55)45-25-31-59-53(37-45)54-38-46(26-32-60(54)63(59,47-17-9-3-10-18-47)48-19-11-4-12-20-48)44-24-30-58-52(36-44)50-34-42(22-28-56(50)62-58)40-15-7-2-8-16-40/h1-38H. The van der Waals surface area contributed by atoms with Crippen molar-refractivity contribution in [3.8, 4) is 55.6 Å². The molecule has 2 aromatic heterocycles. The van der Waals surface area contributed by atoms with Crippen molar-refractivity contribution in [3.05, 3.63) is 231 Å². The minimum absolute atomic E-state index is 1.25. The smallest absolute Gasteiger partial charge is 0.135 e. The highest BCUT2D eigenvalue weighted by Crippen LogP contribution is 2.42. The van der Waals surface area contributed by atoms with Gasteiger partial charge in [-0.2, -0.15) is 0 Å². The summed E-state index contributed by atoms with van der Waals surface area (Å²) in [6.07, 6.45) is 0. The van der Waals surface area contributed by atoms with Gasteiger partial charge in [-0.3, -0.25) is 0 Å². The van der Waals surface area contributed by atoms with Gasteiger partial charge >= 0.3 is 0 Å². The molecule has 0 aliphatic carbocycles. The molecule has 0 amide bonds. The van der Waals surface area contributed by atoms with E-state index < -0.39 is 8.07 Å². The van der Waals surface area contributed by atoms with Crippen molar-refractivity contribution in [2.75, 3.05) is 0 Å². The van der Waals surface area contributed by atoms with Crippen LogP contribution in [0.1, 0.15) is 0 Å². The van der Waals surface area contributed by atoms with Crippen molar-refractivity contribution in [1.82, 2.24) is 0 Å². The summed E-state index contributed by atoms with van der Waals surface area (Å²) < 4.78 is 5.29. The third-order valence-electron chi connectivity index (χ3n) is 13.4. The first-order valence-corrected chi connectivity index (χ1v) is 25.3. The molecule has 1 aliphatic heterocycles. The summed E-state index contributed by atoms with van der Waals surface area (Å²) in [6.45, 7) is 0. The Kier molecular flexibility index (Phi) is 8.39. The van der Waals surface area contributed by atoms with E-state index in [1.54, 1.807) is 0 Å². The van der Waals surface area contributed by atoms with Gasteiger partial charge in [0.15, 0.2) is 8.07 Å². The van der Waals surface area contributed by atoms with Crippen LogP contribution in [0.2, 0.25) is 0 Å². The molecule has 12 aromatic rings. The summed E-state index contributed by atoms with van der Waals surface area (Å²) in [5, 5.41) is 11.0. The maximum absolute atomic E-state index is 2.69. The van der Waals surface area contributed by atoms with E-state index in [-0.39, 0.29) is 0 Å². The SMILES string of the molecule is c1ccc(-c2ccc3sc4ccc(-c5ccc6c(c5)-c5cc(-c7ccc8sc9ccc(-c%10ccccc%10)cc9c8c7)ccc5[Si]6(c5ccccc5)c5ccccc5)cc4c3c2)cc1. The van der Waals surface area contributed by atoms with Gasteiger partial charge in [0.05, 0.1) is 0 Å². The average molecular weight is 851 g/mol. The summed E-state index contributed by atoms with van der Waals surface area (Å²) in [6, 6.07) is 87.0. The van der Waals surface area contributed by atoms with Gasteiger partial charge in [-0.15, -0.1) is 22.7 Å². The molecule has 0 atom stereocenters. The number of thiophene rings is 2. The predicted molar refractivity (Wildman–Crippen MR) is 277 cm³/mol. The van der Waals surface area contributed by atoms with E-state index in [0.717, 1.165) is 0 Å². The van der Waals surface area contributed by atoms with Crippen molar-refractivity contribution in [2.24, 2.45) is 0 Å². The lowest BCUT2D eigenvalue weighted by atomic mass is 9.95. The molecule has 0 saturated heterocycles. The van der Waals surface area contributed by atoms with Gasteiger partial charge in [0.2, 0.25) is 0 Å². The molecule has 63 heavy (non-hydrogen) atoms. The first kappa shape index (κ1) is 36.5. The second-order valence-corrected chi connectivity index (χ2v) is 22.7. The van der Waals surface area contributed by atoms with E-state index in [4.69, 9.17) is 0 Å². The van der Waals surface area contributed by atoms with Crippen molar-refractivity contribution in [3.63, 3.8) is 0 Å². The van der Waals surface area contributed by atoms with Gasteiger partial charge in [-0.1, -0.05) is 170 Å². The molecule has 0 bridgehead atoms. The highest BCUT2D eigenvalue weighted by atomic mass is 32.1. The third kappa shape index (κ3) is 5.78. The fraction of sp³-hybridized carbons (Fsp3) is 0. The van der Waals surface area contributed by atoms with Crippen LogP contribution in [0, 0.1) is 0 Å². The Bertz CT molecular complexity index is 3470. The zero-order chi connectivity index (χ0) is 41.5. The molecule has 294 valence electrons. The van der Waals surface area contributed by atoms with Gasteiger partial charge in [0.1, 0.15) is 0 Å². The van der Waals surface area contributed by atoms with Gasteiger partial charge in [0.25, 0.3) is 0 Å². The molecule has 0 N–H and O–H groups in total. The highest BCUT2D eigenvalue weighted by molar-refractivity contribution is 7.26. The molecule has 3 heterocycles. The Morgan fingerprint density at radius 1 is 0.238 bits per heavy atom. The maximum Gasteiger partial charge on any atom is 0.180 e. The number of benzene rings is 10. The fourth-order valence-electron chi connectivity index (χ4n) is 10.4. The van der Waals surface area contributed by atoms with Gasteiger partial charge in [-0.05, 0) is 137 Å². The summed E-state index contributed by atoms with van der Waals surface area (Å²) >= 11 is 3.76. The predicted octanol–water partition coefficient (Wildman–Crippen LogP) is 14.4. The fourth-order valence-corrected chi connectivity index (χ4v) is 17.7. The Labute approximate surface area is 375 Å². The zero-order valence-corrected chi connectivity index (χ0v) is 36.9. The second kappa shape index (κ2) is 14.5. The van der Waals surface area contributed by atoms with Gasteiger partial charge < -0.3 is 0 Å². The lowest BCUT2D eigenvalue weighted by Crippen LogP contribution is -2.72. The van der Waals surface area contributed by atoms with Crippen LogP contribution in [0.15, 0.2) is 231 Å². The van der Waals surface area contributed by atoms with E-state index in [0.29, 0.717) is 0 Å². The lowest BCUT2D eigenvalue weighted by Gasteiger charge is -2.31. The maximum atomic E-state index is 2.50. The molecule has 0 spiro atoms. The summed E-state index contributed by atoms with van der Waals surface area (Å²) in [7, 11) is -2.69. The van der Waals surface area contributed by atoms with Crippen LogP contribution in [-0.2, 0) is 0 Å². The van der Waals surface area contributed by atoms with Crippen LogP contribution >= 0.6 is 22.7 Å². The molecule has 1 aliphatic rings. The van der Waals surface area contributed by atoms with Crippen LogP contribution in [0.4, 0.5) is 0 Å². The largest absolute Gasteiger partial charge is 0.180 e. The van der Waals surface area contributed by atoms with E-state index in [1.165, 1.54) is 117 Å². The summed E-state index contributed by atoms with van der Waals surface area (Å²) in [5.74, 6) is 0. The molecular formula is C60H38S2Si. The van der Waals surface area contributed by atoms with Crippen molar-refractivity contribution >= 4 is 91.8 Å². The van der Waals surface area contributed by atoms with Crippen LogP contribution in [-0.4, -0.2) is 8.07 Å². The van der Waals surface area contributed by atoms with Crippen LogP contribution < -0.4 is 20.7 Å². The number of hydrogen-bond donors (Lipinski definition) is 0. The molecule has 0 radical (unpaired) electrons. The Morgan fingerprint density at radius 3 is 0.873 bits per heavy atom. The van der Waals surface area contributed by atoms with Crippen LogP contribution in [0.25, 0.3) is 96.0 Å². The average Bonchev–Trinajstić information content (AvgIpc) is 4.01. The van der Waals surface area contributed by atoms with Gasteiger partial charge in [0, 0.05) is 40.3 Å². The van der Waals surface area contributed by atoms with Crippen LogP contribution in [0.5, 0.6) is 0 Å². The number of hydrogen-bond acceptors (Lipinski definition) is 2. The third-order valence-corrected chi connectivity index (χ3v) is 20.6. The molecular weight excluding hydrogens is 813 g/mol. The quantitative estimate of drug-likeness (QED) is 0.146. The Hall–Kier alpha value is -7.14. The monoisotopic (exact) mass is 850 g/mol. The van der Waals surface area contributed by atoms with Crippen molar-refractivity contribution in [2.45, 2.75) is 0 Å². The Morgan fingerprint density at radius 2 is 0.524 bits per heavy atom. The lowest BCUT2D eigenvalue weighted by molar-refractivity contribution is 1.64. The van der Waals surface area contributed by atoms with E-state index in [2.05, 4.69) is 231 Å². The minimum Gasteiger partial charge on any atom is -0.135 e. The van der Waals surface area contributed by atoms with E-state index in [9.17, 15) is 0 Å². The summed E-state index contributed by atoms with van der Waals surface area (Å²) in [5.41, 5.74) is 12.7.